The van der Waals surface area contributed by atoms with Crippen LogP contribution >= 0.6 is 0 Å². The standard InChI is InChI=1S/C18H25N3O4S/c1-13(14-6-4-3-5-7-14)21-11-15(10-17(21)22)19-18(23)20(2)16-8-9-26(24,25)12-16/h3-7,13,15-16H,8-12H2,1-2H3,(H,19,23). The summed E-state index contributed by atoms with van der Waals surface area (Å²) < 4.78 is 23.2. The van der Waals surface area contributed by atoms with E-state index in [4.69, 9.17) is 0 Å². The number of hydrogen-bond donors (Lipinski definition) is 1. The van der Waals surface area contributed by atoms with Crippen LogP contribution in [0, 0.1) is 0 Å². The predicted molar refractivity (Wildman–Crippen MR) is 98.3 cm³/mol. The van der Waals surface area contributed by atoms with Gasteiger partial charge in [0, 0.05) is 26.1 Å². The highest BCUT2D eigenvalue weighted by molar-refractivity contribution is 7.91. The molecule has 0 spiro atoms. The lowest BCUT2D eigenvalue weighted by Gasteiger charge is -2.27. The first-order chi connectivity index (χ1) is 12.3. The zero-order valence-electron chi connectivity index (χ0n) is 15.1. The number of benzene rings is 1. The van der Waals surface area contributed by atoms with Crippen LogP contribution in [0.4, 0.5) is 4.79 Å². The molecule has 0 radical (unpaired) electrons. The summed E-state index contributed by atoms with van der Waals surface area (Å²) in [7, 11) is -1.43. The van der Waals surface area contributed by atoms with Gasteiger partial charge in [0.2, 0.25) is 5.91 Å². The van der Waals surface area contributed by atoms with E-state index in [1.54, 1.807) is 11.9 Å². The lowest BCUT2D eigenvalue weighted by atomic mass is 10.1. The third-order valence-corrected chi connectivity index (χ3v) is 7.06. The molecular weight excluding hydrogens is 354 g/mol. The fourth-order valence-corrected chi connectivity index (χ4v) is 5.41. The van der Waals surface area contributed by atoms with E-state index in [-0.39, 0.29) is 48.0 Å². The number of nitrogens with one attached hydrogen (secondary N) is 1. The molecule has 2 fully saturated rings. The van der Waals surface area contributed by atoms with E-state index in [0.29, 0.717) is 13.0 Å². The molecule has 0 aliphatic carbocycles. The van der Waals surface area contributed by atoms with Gasteiger partial charge in [-0.3, -0.25) is 4.79 Å². The summed E-state index contributed by atoms with van der Waals surface area (Å²) in [4.78, 5) is 28.0. The molecule has 3 atom stereocenters. The van der Waals surface area contributed by atoms with Gasteiger partial charge < -0.3 is 15.1 Å². The number of hydrogen-bond acceptors (Lipinski definition) is 4. The Balaban J connectivity index is 1.58. The third-order valence-electron chi connectivity index (χ3n) is 5.31. The molecule has 2 aliphatic rings. The Hall–Kier alpha value is -2.09. The Morgan fingerprint density at radius 3 is 2.62 bits per heavy atom. The average Bonchev–Trinajstić information content (AvgIpc) is 3.16. The highest BCUT2D eigenvalue weighted by atomic mass is 32.2. The van der Waals surface area contributed by atoms with Crippen LogP contribution < -0.4 is 5.32 Å². The number of amides is 3. The lowest BCUT2D eigenvalue weighted by Crippen LogP contribution is -2.48. The van der Waals surface area contributed by atoms with E-state index in [2.05, 4.69) is 5.32 Å². The van der Waals surface area contributed by atoms with Crippen LogP contribution in [0.3, 0.4) is 0 Å². The maximum Gasteiger partial charge on any atom is 0.317 e. The molecule has 0 saturated carbocycles. The Morgan fingerprint density at radius 1 is 1.31 bits per heavy atom. The van der Waals surface area contributed by atoms with Gasteiger partial charge in [0.05, 0.1) is 23.6 Å². The summed E-state index contributed by atoms with van der Waals surface area (Å²) in [5.41, 5.74) is 1.06. The average molecular weight is 379 g/mol. The second-order valence-corrected chi connectivity index (χ2v) is 9.38. The molecule has 2 heterocycles. The van der Waals surface area contributed by atoms with Gasteiger partial charge in [0.1, 0.15) is 0 Å². The van der Waals surface area contributed by atoms with Crippen molar-refractivity contribution in [2.24, 2.45) is 0 Å². The molecular formula is C18H25N3O4S. The van der Waals surface area contributed by atoms with Crippen molar-refractivity contribution < 1.29 is 18.0 Å². The van der Waals surface area contributed by atoms with Crippen molar-refractivity contribution in [2.75, 3.05) is 25.1 Å². The second-order valence-electron chi connectivity index (χ2n) is 7.15. The maximum atomic E-state index is 12.4. The van der Waals surface area contributed by atoms with E-state index in [1.807, 2.05) is 37.3 Å². The molecule has 2 aliphatic heterocycles. The van der Waals surface area contributed by atoms with Crippen molar-refractivity contribution in [1.29, 1.82) is 0 Å². The normalized spacial score (nSPS) is 25.9. The van der Waals surface area contributed by atoms with Crippen LogP contribution in [-0.4, -0.2) is 67.3 Å². The number of nitrogens with zero attached hydrogens (tertiary/aromatic N) is 2. The molecule has 3 rings (SSSR count). The molecule has 1 N–H and O–H groups in total. The summed E-state index contributed by atoms with van der Waals surface area (Å²) in [6, 6.07) is 8.85. The highest BCUT2D eigenvalue weighted by Crippen LogP contribution is 2.26. The fourth-order valence-electron chi connectivity index (χ4n) is 3.64. The number of rotatable bonds is 4. The largest absolute Gasteiger partial charge is 0.334 e. The first-order valence-electron chi connectivity index (χ1n) is 8.85. The van der Waals surface area contributed by atoms with Crippen molar-refractivity contribution in [3.8, 4) is 0 Å². The number of carbonyl (C=O) groups excluding carboxylic acids is 2. The van der Waals surface area contributed by atoms with Crippen molar-refractivity contribution in [3.63, 3.8) is 0 Å². The summed E-state index contributed by atoms with van der Waals surface area (Å²) in [5.74, 6) is 0.148. The number of urea groups is 1. The smallest absolute Gasteiger partial charge is 0.317 e. The van der Waals surface area contributed by atoms with Gasteiger partial charge in [0.15, 0.2) is 9.84 Å². The first-order valence-corrected chi connectivity index (χ1v) is 10.7. The molecule has 26 heavy (non-hydrogen) atoms. The van der Waals surface area contributed by atoms with Crippen LogP contribution in [0.15, 0.2) is 30.3 Å². The van der Waals surface area contributed by atoms with Crippen LogP contribution in [0.25, 0.3) is 0 Å². The minimum absolute atomic E-state index is 0.0116. The predicted octanol–water partition coefficient (Wildman–Crippen LogP) is 1.18. The van der Waals surface area contributed by atoms with Gasteiger partial charge in [0.25, 0.3) is 0 Å². The Kier molecular flexibility index (Phi) is 5.22. The Labute approximate surface area is 154 Å². The minimum atomic E-state index is -3.04. The molecule has 2 saturated heterocycles. The topological polar surface area (TPSA) is 86.8 Å². The van der Waals surface area contributed by atoms with Gasteiger partial charge in [-0.15, -0.1) is 0 Å². The van der Waals surface area contributed by atoms with E-state index in [9.17, 15) is 18.0 Å². The van der Waals surface area contributed by atoms with Crippen LogP contribution in [0.1, 0.15) is 31.4 Å². The first kappa shape index (κ1) is 18.7. The lowest BCUT2D eigenvalue weighted by molar-refractivity contribution is -0.129. The van der Waals surface area contributed by atoms with Crippen molar-refractivity contribution >= 4 is 21.8 Å². The Bertz CT molecular complexity index is 781. The zero-order valence-corrected chi connectivity index (χ0v) is 15.9. The van der Waals surface area contributed by atoms with Crippen molar-refractivity contribution in [1.82, 2.24) is 15.1 Å². The van der Waals surface area contributed by atoms with Crippen molar-refractivity contribution in [3.05, 3.63) is 35.9 Å². The van der Waals surface area contributed by atoms with Gasteiger partial charge in [-0.1, -0.05) is 30.3 Å². The second kappa shape index (κ2) is 7.26. The zero-order chi connectivity index (χ0) is 18.9. The quantitative estimate of drug-likeness (QED) is 0.851. The maximum absolute atomic E-state index is 12.4. The van der Waals surface area contributed by atoms with Gasteiger partial charge in [-0.2, -0.15) is 0 Å². The van der Waals surface area contributed by atoms with Gasteiger partial charge in [-0.25, -0.2) is 13.2 Å². The van der Waals surface area contributed by atoms with E-state index >= 15 is 0 Å². The van der Waals surface area contributed by atoms with Crippen LogP contribution in [0.2, 0.25) is 0 Å². The summed E-state index contributed by atoms with van der Waals surface area (Å²) in [5, 5.41) is 2.88. The minimum Gasteiger partial charge on any atom is -0.334 e. The van der Waals surface area contributed by atoms with Crippen LogP contribution in [-0.2, 0) is 14.6 Å². The molecule has 1 aromatic rings. The fraction of sp³-hybridized carbons (Fsp3) is 0.556. The summed E-state index contributed by atoms with van der Waals surface area (Å²) in [6.07, 6.45) is 0.729. The van der Waals surface area contributed by atoms with E-state index in [0.717, 1.165) is 5.56 Å². The summed E-state index contributed by atoms with van der Waals surface area (Å²) in [6.45, 7) is 2.43. The molecule has 142 valence electrons. The number of sulfone groups is 1. The molecule has 8 heteroatoms. The molecule has 3 amide bonds. The number of likely N-dealkylation sites (tertiary alicyclic amines) is 1. The van der Waals surface area contributed by atoms with Crippen molar-refractivity contribution in [2.45, 2.75) is 37.9 Å². The molecule has 1 aromatic carbocycles. The van der Waals surface area contributed by atoms with Gasteiger partial charge in [-0.05, 0) is 18.9 Å². The monoisotopic (exact) mass is 379 g/mol. The number of carbonyl (C=O) groups is 2. The third kappa shape index (κ3) is 4.00. The molecule has 3 unspecified atom stereocenters. The highest BCUT2D eigenvalue weighted by Gasteiger charge is 2.37. The summed E-state index contributed by atoms with van der Waals surface area (Å²) >= 11 is 0. The van der Waals surface area contributed by atoms with Crippen LogP contribution in [0.5, 0.6) is 0 Å². The van der Waals surface area contributed by atoms with Gasteiger partial charge >= 0.3 is 6.03 Å². The SMILES string of the molecule is CC(c1ccccc1)N1CC(NC(=O)N(C)C2CCS(=O)(=O)C2)CC1=O. The molecule has 0 aromatic heterocycles. The Morgan fingerprint density at radius 2 is 2.00 bits per heavy atom. The molecule has 7 nitrogen and oxygen atoms in total. The van der Waals surface area contributed by atoms with E-state index in [1.165, 1.54) is 4.90 Å². The van der Waals surface area contributed by atoms with E-state index < -0.39 is 9.84 Å². The molecule has 0 bridgehead atoms.